The quantitative estimate of drug-likeness (QED) is 0.786. The normalized spacial score (nSPS) is 9.81. The second-order valence-electron chi connectivity index (χ2n) is 3.96. The van der Waals surface area contributed by atoms with Gasteiger partial charge in [-0.05, 0) is 48.5 Å². The number of carbonyl (C=O) groups is 2. The van der Waals surface area contributed by atoms with Crippen molar-refractivity contribution in [3.63, 3.8) is 0 Å². The average molecular weight is 370 g/mol. The van der Waals surface area contributed by atoms with Gasteiger partial charge < -0.3 is 4.84 Å². The molecule has 0 fully saturated rings. The van der Waals surface area contributed by atoms with Gasteiger partial charge in [-0.3, -0.25) is 10.1 Å². The van der Waals surface area contributed by atoms with Crippen molar-refractivity contribution in [2.75, 3.05) is 5.32 Å². The number of amides is 2. The Morgan fingerprint density at radius 2 is 1.62 bits per heavy atom. The molecule has 0 aliphatic rings. The highest BCUT2D eigenvalue weighted by molar-refractivity contribution is 9.10. The van der Waals surface area contributed by atoms with Crippen LogP contribution in [0.2, 0.25) is 5.02 Å². The van der Waals surface area contributed by atoms with Gasteiger partial charge in [0.05, 0.1) is 0 Å². The number of benzene rings is 2. The maximum Gasteiger partial charge on any atom is 0.436 e. The lowest BCUT2D eigenvalue weighted by molar-refractivity contribution is 0.0615. The predicted molar refractivity (Wildman–Crippen MR) is 83.2 cm³/mol. The Morgan fingerprint density at radius 3 is 2.24 bits per heavy atom. The molecule has 7 heteroatoms. The summed E-state index contributed by atoms with van der Waals surface area (Å²) >= 11 is 8.99. The Labute approximate surface area is 134 Å². The van der Waals surface area contributed by atoms with E-state index >= 15 is 0 Å². The van der Waals surface area contributed by atoms with Crippen molar-refractivity contribution in [1.82, 2.24) is 5.48 Å². The molecule has 0 saturated carbocycles. The van der Waals surface area contributed by atoms with Crippen molar-refractivity contribution < 1.29 is 14.4 Å². The second-order valence-corrected chi connectivity index (χ2v) is 5.31. The molecule has 21 heavy (non-hydrogen) atoms. The molecule has 2 aromatic rings. The first-order valence-corrected chi connectivity index (χ1v) is 7.01. The van der Waals surface area contributed by atoms with Gasteiger partial charge in [0.2, 0.25) is 0 Å². The zero-order valence-electron chi connectivity index (χ0n) is 10.6. The van der Waals surface area contributed by atoms with Crippen molar-refractivity contribution in [3.8, 4) is 0 Å². The highest BCUT2D eigenvalue weighted by atomic mass is 79.9. The van der Waals surface area contributed by atoms with Crippen LogP contribution in [0.4, 0.5) is 10.5 Å². The molecular weight excluding hydrogens is 360 g/mol. The molecule has 0 bridgehead atoms. The SMILES string of the molecule is O=C(Nc1ccc(Cl)cc1)ONC(=O)c1ccc(Br)cc1. The summed E-state index contributed by atoms with van der Waals surface area (Å²) in [6.07, 6.45) is -0.803. The van der Waals surface area contributed by atoms with E-state index in [1.54, 1.807) is 48.5 Å². The third-order valence-corrected chi connectivity index (χ3v) is 3.21. The number of carbonyl (C=O) groups excluding carboxylic acids is 2. The van der Waals surface area contributed by atoms with E-state index in [1.165, 1.54) is 0 Å². The van der Waals surface area contributed by atoms with E-state index in [0.29, 0.717) is 16.3 Å². The summed E-state index contributed by atoms with van der Waals surface area (Å²) < 4.78 is 0.848. The summed E-state index contributed by atoms with van der Waals surface area (Å²) in [7, 11) is 0. The van der Waals surface area contributed by atoms with Crippen LogP contribution >= 0.6 is 27.5 Å². The molecule has 0 aliphatic carbocycles. The van der Waals surface area contributed by atoms with Crippen LogP contribution < -0.4 is 10.8 Å². The number of hydrogen-bond acceptors (Lipinski definition) is 3. The van der Waals surface area contributed by atoms with Crippen LogP contribution in [0.1, 0.15) is 10.4 Å². The molecule has 2 amide bonds. The molecule has 2 N–H and O–H groups in total. The van der Waals surface area contributed by atoms with Crippen molar-refractivity contribution in [2.24, 2.45) is 0 Å². The van der Waals surface area contributed by atoms with E-state index in [4.69, 9.17) is 11.6 Å². The van der Waals surface area contributed by atoms with Crippen molar-refractivity contribution in [2.45, 2.75) is 0 Å². The summed E-state index contributed by atoms with van der Waals surface area (Å²) in [5.74, 6) is -0.520. The molecule has 2 rings (SSSR count). The molecule has 0 spiro atoms. The monoisotopic (exact) mass is 368 g/mol. The van der Waals surface area contributed by atoms with Gasteiger partial charge in [0.15, 0.2) is 0 Å². The highest BCUT2D eigenvalue weighted by Crippen LogP contribution is 2.13. The molecule has 0 saturated heterocycles. The highest BCUT2D eigenvalue weighted by Gasteiger charge is 2.09. The van der Waals surface area contributed by atoms with Crippen LogP contribution in [-0.4, -0.2) is 12.0 Å². The fourth-order valence-electron chi connectivity index (χ4n) is 1.43. The standard InChI is InChI=1S/C14H10BrClN2O3/c15-10-3-1-9(2-4-10)13(19)18-21-14(20)17-12-7-5-11(16)6-8-12/h1-8H,(H,17,20)(H,18,19). The molecule has 2 aromatic carbocycles. The van der Waals surface area contributed by atoms with Crippen LogP contribution in [0.15, 0.2) is 53.0 Å². The molecule has 0 atom stereocenters. The number of anilines is 1. The molecule has 0 aromatic heterocycles. The fourth-order valence-corrected chi connectivity index (χ4v) is 1.82. The lowest BCUT2D eigenvalue weighted by Crippen LogP contribution is -2.29. The first kappa shape index (κ1) is 15.3. The van der Waals surface area contributed by atoms with E-state index in [-0.39, 0.29) is 0 Å². The second kappa shape index (κ2) is 7.10. The summed E-state index contributed by atoms with van der Waals surface area (Å²) in [4.78, 5) is 27.8. The summed E-state index contributed by atoms with van der Waals surface area (Å²) in [5, 5.41) is 3.00. The van der Waals surface area contributed by atoms with Gasteiger partial charge in [-0.1, -0.05) is 27.5 Å². The van der Waals surface area contributed by atoms with Crippen LogP contribution in [0.25, 0.3) is 0 Å². The van der Waals surface area contributed by atoms with Gasteiger partial charge in [-0.25, -0.2) is 4.79 Å². The molecular formula is C14H10BrClN2O3. The fraction of sp³-hybridized carbons (Fsp3) is 0. The van der Waals surface area contributed by atoms with Crippen LogP contribution in [0.3, 0.4) is 0 Å². The Kier molecular flexibility index (Phi) is 5.19. The number of hydrogen-bond donors (Lipinski definition) is 2. The molecule has 108 valence electrons. The van der Waals surface area contributed by atoms with E-state index in [9.17, 15) is 9.59 Å². The van der Waals surface area contributed by atoms with Crippen LogP contribution in [0.5, 0.6) is 0 Å². The van der Waals surface area contributed by atoms with Gasteiger partial charge >= 0.3 is 6.09 Å². The minimum atomic E-state index is -0.803. The van der Waals surface area contributed by atoms with Crippen molar-refractivity contribution >= 4 is 45.2 Å². The summed E-state index contributed by atoms with van der Waals surface area (Å²) in [5.41, 5.74) is 2.93. The smallest absolute Gasteiger partial charge is 0.321 e. The van der Waals surface area contributed by atoms with E-state index in [2.05, 4.69) is 31.6 Å². The number of hydroxylamine groups is 1. The van der Waals surface area contributed by atoms with Crippen molar-refractivity contribution in [1.29, 1.82) is 0 Å². The zero-order valence-corrected chi connectivity index (χ0v) is 12.9. The maximum absolute atomic E-state index is 11.7. The Balaban J connectivity index is 1.84. The first-order valence-electron chi connectivity index (χ1n) is 5.84. The Morgan fingerprint density at radius 1 is 1.00 bits per heavy atom. The summed E-state index contributed by atoms with van der Waals surface area (Å²) in [6, 6.07) is 13.1. The topological polar surface area (TPSA) is 67.4 Å². The maximum atomic E-state index is 11.7. The number of nitrogens with one attached hydrogen (secondary N) is 2. The molecule has 0 unspecified atom stereocenters. The van der Waals surface area contributed by atoms with E-state index < -0.39 is 12.0 Å². The number of halogens is 2. The minimum Gasteiger partial charge on any atom is -0.321 e. The first-order chi connectivity index (χ1) is 10.0. The molecule has 0 heterocycles. The molecule has 5 nitrogen and oxygen atoms in total. The van der Waals surface area contributed by atoms with Gasteiger partial charge in [0.25, 0.3) is 5.91 Å². The molecule has 0 aliphatic heterocycles. The van der Waals surface area contributed by atoms with E-state index in [0.717, 1.165) is 4.47 Å². The largest absolute Gasteiger partial charge is 0.436 e. The lowest BCUT2D eigenvalue weighted by Gasteiger charge is -2.07. The molecule has 0 radical (unpaired) electrons. The lowest BCUT2D eigenvalue weighted by atomic mass is 10.2. The zero-order chi connectivity index (χ0) is 15.2. The average Bonchev–Trinajstić information content (AvgIpc) is 2.48. The summed E-state index contributed by atoms with van der Waals surface area (Å²) in [6.45, 7) is 0. The van der Waals surface area contributed by atoms with Gasteiger partial charge in [0, 0.05) is 20.7 Å². The Bertz CT molecular complexity index is 644. The van der Waals surface area contributed by atoms with Gasteiger partial charge in [0.1, 0.15) is 0 Å². The van der Waals surface area contributed by atoms with Gasteiger partial charge in [-0.2, -0.15) is 5.48 Å². The van der Waals surface area contributed by atoms with E-state index in [1.807, 2.05) is 0 Å². The third-order valence-electron chi connectivity index (χ3n) is 2.43. The predicted octanol–water partition coefficient (Wildman–Crippen LogP) is 4.00. The number of rotatable bonds is 2. The Hall–Kier alpha value is -2.05. The van der Waals surface area contributed by atoms with Crippen molar-refractivity contribution in [3.05, 3.63) is 63.6 Å². The van der Waals surface area contributed by atoms with Crippen LogP contribution in [-0.2, 0) is 4.84 Å². The van der Waals surface area contributed by atoms with Gasteiger partial charge in [-0.15, -0.1) is 0 Å². The minimum absolute atomic E-state index is 0.373. The van der Waals surface area contributed by atoms with Crippen LogP contribution in [0, 0.1) is 0 Å². The third kappa shape index (κ3) is 4.77.